The molecule has 2 heterocycles. The number of carbonyl (C=O) groups is 1. The Hall–Kier alpha value is -1.36. The highest BCUT2D eigenvalue weighted by molar-refractivity contribution is 5.92. The van der Waals surface area contributed by atoms with Gasteiger partial charge in [-0.25, -0.2) is 0 Å². The summed E-state index contributed by atoms with van der Waals surface area (Å²) < 4.78 is 1.68. The Morgan fingerprint density at radius 2 is 2.40 bits per heavy atom. The van der Waals surface area contributed by atoms with Gasteiger partial charge in [0.1, 0.15) is 0 Å². The number of carbonyl (C=O) groups excluding carboxylic acids is 1. The molecule has 1 aliphatic heterocycles. The van der Waals surface area contributed by atoms with E-state index in [9.17, 15) is 9.90 Å². The zero-order valence-corrected chi connectivity index (χ0v) is 8.97. The molecule has 0 spiro atoms. The molecule has 0 aliphatic carbocycles. The van der Waals surface area contributed by atoms with Crippen LogP contribution < -0.4 is 0 Å². The minimum atomic E-state index is -0.376. The van der Waals surface area contributed by atoms with E-state index in [4.69, 9.17) is 0 Å². The van der Waals surface area contributed by atoms with E-state index in [0.29, 0.717) is 25.2 Å². The fraction of sp³-hybridized carbons (Fsp3) is 0.600. The highest BCUT2D eigenvalue weighted by atomic mass is 16.3. The Morgan fingerprint density at radius 3 is 2.87 bits per heavy atom. The van der Waals surface area contributed by atoms with Gasteiger partial charge in [-0.1, -0.05) is 0 Å². The van der Waals surface area contributed by atoms with Crippen molar-refractivity contribution in [2.24, 2.45) is 7.05 Å². The summed E-state index contributed by atoms with van der Waals surface area (Å²) >= 11 is 0. The first-order valence-electron chi connectivity index (χ1n) is 5.06. The van der Waals surface area contributed by atoms with E-state index in [1.807, 2.05) is 14.0 Å². The molecule has 1 aromatic heterocycles. The number of hydrogen-bond donors (Lipinski definition) is 1. The molecule has 5 nitrogen and oxygen atoms in total. The molecular formula is C10H15N3O2. The van der Waals surface area contributed by atoms with Gasteiger partial charge < -0.3 is 10.0 Å². The second-order valence-corrected chi connectivity index (χ2v) is 3.99. The van der Waals surface area contributed by atoms with E-state index in [1.54, 1.807) is 15.6 Å². The summed E-state index contributed by atoms with van der Waals surface area (Å²) in [7, 11) is 1.81. The lowest BCUT2D eigenvalue weighted by Crippen LogP contribution is -2.29. The summed E-state index contributed by atoms with van der Waals surface area (Å²) in [5.74, 6) is -0.0877. The van der Waals surface area contributed by atoms with Gasteiger partial charge >= 0.3 is 0 Å². The molecule has 2 rings (SSSR count). The normalized spacial score (nSPS) is 21.0. The third kappa shape index (κ3) is 1.87. The molecule has 5 heteroatoms. The Bertz CT molecular complexity index is 367. The summed E-state index contributed by atoms with van der Waals surface area (Å²) in [5.41, 5.74) is 1.42. The Balaban J connectivity index is 2.14. The lowest BCUT2D eigenvalue weighted by molar-refractivity contribution is 0.0758. The number of aliphatic hydroxyl groups is 1. The second kappa shape index (κ2) is 3.66. The maximum Gasteiger partial charge on any atom is 0.274 e. The highest BCUT2D eigenvalue weighted by Crippen LogP contribution is 2.13. The number of rotatable bonds is 1. The van der Waals surface area contributed by atoms with Crippen LogP contribution in [0.15, 0.2) is 6.07 Å². The number of β-amino-alcohol motifs (C(OH)–C–C–N with tert-alkyl or cyclic N) is 1. The standard InChI is InChI=1S/C10H15N3O2/c1-7-5-9(11-12(7)2)10(15)13-4-3-8(14)6-13/h5,8,14H,3-4,6H2,1-2H3/t8-/m0/s1. The van der Waals surface area contributed by atoms with Crippen molar-refractivity contribution in [3.05, 3.63) is 17.5 Å². The van der Waals surface area contributed by atoms with Gasteiger partial charge in [-0.05, 0) is 19.4 Å². The van der Waals surface area contributed by atoms with E-state index in [-0.39, 0.29) is 12.0 Å². The SMILES string of the molecule is Cc1cc(C(=O)N2CC[C@H](O)C2)nn1C. The molecular weight excluding hydrogens is 194 g/mol. The first-order valence-corrected chi connectivity index (χ1v) is 5.06. The molecule has 82 valence electrons. The smallest absolute Gasteiger partial charge is 0.274 e. The van der Waals surface area contributed by atoms with Gasteiger partial charge in [-0.15, -0.1) is 0 Å². The highest BCUT2D eigenvalue weighted by Gasteiger charge is 2.26. The maximum atomic E-state index is 11.9. The Morgan fingerprint density at radius 1 is 1.67 bits per heavy atom. The van der Waals surface area contributed by atoms with Crippen molar-refractivity contribution in [2.45, 2.75) is 19.4 Å². The van der Waals surface area contributed by atoms with Crippen molar-refractivity contribution in [2.75, 3.05) is 13.1 Å². The van der Waals surface area contributed by atoms with Gasteiger partial charge in [0.25, 0.3) is 5.91 Å². The summed E-state index contributed by atoms with van der Waals surface area (Å²) in [5, 5.41) is 13.5. The predicted octanol–water partition coefficient (Wildman–Crippen LogP) is -0.0647. The van der Waals surface area contributed by atoms with E-state index in [2.05, 4.69) is 5.10 Å². The van der Waals surface area contributed by atoms with Gasteiger partial charge in [-0.2, -0.15) is 5.10 Å². The van der Waals surface area contributed by atoms with Crippen LogP contribution in [0.25, 0.3) is 0 Å². The van der Waals surface area contributed by atoms with Crippen LogP contribution in [0, 0.1) is 6.92 Å². The van der Waals surface area contributed by atoms with Crippen molar-refractivity contribution in [3.63, 3.8) is 0 Å². The molecule has 0 aromatic carbocycles. The van der Waals surface area contributed by atoms with Crippen LogP contribution in [0.2, 0.25) is 0 Å². The maximum absolute atomic E-state index is 11.9. The minimum Gasteiger partial charge on any atom is -0.391 e. The van der Waals surface area contributed by atoms with Crippen LogP contribution in [0.4, 0.5) is 0 Å². The third-order valence-electron chi connectivity index (χ3n) is 2.78. The monoisotopic (exact) mass is 209 g/mol. The van der Waals surface area contributed by atoms with Gasteiger partial charge in [0.2, 0.25) is 0 Å². The molecule has 0 saturated carbocycles. The molecule has 1 aromatic rings. The summed E-state index contributed by atoms with van der Waals surface area (Å²) in [6.45, 7) is 2.95. The summed E-state index contributed by atoms with van der Waals surface area (Å²) in [6.07, 6.45) is 0.288. The molecule has 1 N–H and O–H groups in total. The topological polar surface area (TPSA) is 58.4 Å². The molecule has 1 fully saturated rings. The van der Waals surface area contributed by atoms with Gasteiger partial charge in [-0.3, -0.25) is 9.48 Å². The van der Waals surface area contributed by atoms with E-state index in [0.717, 1.165) is 5.69 Å². The van der Waals surface area contributed by atoms with E-state index < -0.39 is 0 Å². The summed E-state index contributed by atoms with van der Waals surface area (Å²) in [4.78, 5) is 13.5. The van der Waals surface area contributed by atoms with Crippen molar-refractivity contribution in [1.82, 2.24) is 14.7 Å². The Labute approximate surface area is 88.3 Å². The fourth-order valence-corrected chi connectivity index (χ4v) is 1.75. The van der Waals surface area contributed by atoms with E-state index >= 15 is 0 Å². The van der Waals surface area contributed by atoms with Gasteiger partial charge in [0, 0.05) is 25.8 Å². The van der Waals surface area contributed by atoms with Crippen LogP contribution in [0.3, 0.4) is 0 Å². The number of nitrogens with zero attached hydrogens (tertiary/aromatic N) is 3. The van der Waals surface area contributed by atoms with Gasteiger partial charge in [0.15, 0.2) is 5.69 Å². The number of likely N-dealkylation sites (tertiary alicyclic amines) is 1. The molecule has 1 saturated heterocycles. The van der Waals surface area contributed by atoms with Crippen LogP contribution in [-0.4, -0.2) is 44.9 Å². The molecule has 0 bridgehead atoms. The number of amides is 1. The molecule has 0 unspecified atom stereocenters. The third-order valence-corrected chi connectivity index (χ3v) is 2.78. The van der Waals surface area contributed by atoms with Crippen molar-refractivity contribution >= 4 is 5.91 Å². The first-order chi connectivity index (χ1) is 7.08. The quantitative estimate of drug-likeness (QED) is 0.704. The number of aliphatic hydroxyl groups excluding tert-OH is 1. The van der Waals surface area contributed by atoms with Crippen LogP contribution in [-0.2, 0) is 7.05 Å². The molecule has 1 amide bonds. The average molecular weight is 209 g/mol. The number of hydrogen-bond acceptors (Lipinski definition) is 3. The van der Waals surface area contributed by atoms with Crippen LogP contribution in [0.1, 0.15) is 22.6 Å². The number of aryl methyl sites for hydroxylation is 2. The molecule has 1 atom stereocenters. The lowest BCUT2D eigenvalue weighted by Gasteiger charge is -2.13. The van der Waals surface area contributed by atoms with Crippen LogP contribution >= 0.6 is 0 Å². The lowest BCUT2D eigenvalue weighted by atomic mass is 10.3. The predicted molar refractivity (Wildman–Crippen MR) is 54.5 cm³/mol. The zero-order chi connectivity index (χ0) is 11.0. The summed E-state index contributed by atoms with van der Waals surface area (Å²) in [6, 6.07) is 1.77. The molecule has 1 aliphatic rings. The zero-order valence-electron chi connectivity index (χ0n) is 8.97. The molecule has 0 radical (unpaired) electrons. The fourth-order valence-electron chi connectivity index (χ4n) is 1.75. The number of aromatic nitrogens is 2. The second-order valence-electron chi connectivity index (χ2n) is 3.99. The average Bonchev–Trinajstić information content (AvgIpc) is 2.74. The Kier molecular flexibility index (Phi) is 2.48. The molecule has 15 heavy (non-hydrogen) atoms. The van der Waals surface area contributed by atoms with Crippen LogP contribution in [0.5, 0.6) is 0 Å². The van der Waals surface area contributed by atoms with E-state index in [1.165, 1.54) is 0 Å². The van der Waals surface area contributed by atoms with Crippen molar-refractivity contribution < 1.29 is 9.90 Å². The first kappa shape index (κ1) is 10.2. The van der Waals surface area contributed by atoms with Crippen molar-refractivity contribution in [1.29, 1.82) is 0 Å². The largest absolute Gasteiger partial charge is 0.391 e. The van der Waals surface area contributed by atoms with Gasteiger partial charge in [0.05, 0.1) is 6.10 Å². The minimum absolute atomic E-state index is 0.0877. The van der Waals surface area contributed by atoms with Crippen molar-refractivity contribution in [3.8, 4) is 0 Å².